The van der Waals surface area contributed by atoms with Crippen LogP contribution in [0.2, 0.25) is 5.15 Å². The normalized spacial score (nSPS) is 12.3. The summed E-state index contributed by atoms with van der Waals surface area (Å²) in [6, 6.07) is 0. The van der Waals surface area contributed by atoms with E-state index in [9.17, 15) is 5.11 Å². The van der Waals surface area contributed by atoms with E-state index >= 15 is 0 Å². The molecular formula is C9H14ClN3O2. The quantitative estimate of drug-likeness (QED) is 0.749. The van der Waals surface area contributed by atoms with Gasteiger partial charge in [0.1, 0.15) is 6.33 Å². The number of rotatable bonds is 5. The molecule has 0 aliphatic heterocycles. The fourth-order valence-electron chi connectivity index (χ4n) is 1.02. The Bertz CT molecular complexity index is 322. The molecule has 0 spiro atoms. The lowest BCUT2D eigenvalue weighted by atomic mass is 10.3. The lowest BCUT2D eigenvalue weighted by Gasteiger charge is -2.12. The van der Waals surface area contributed by atoms with Crippen LogP contribution < -0.4 is 10.1 Å². The van der Waals surface area contributed by atoms with Crippen molar-refractivity contribution in [3.8, 4) is 5.75 Å². The molecule has 1 aromatic rings. The number of nitrogens with zero attached hydrogens (tertiary/aromatic N) is 2. The van der Waals surface area contributed by atoms with Crippen molar-refractivity contribution in [2.45, 2.75) is 19.4 Å². The molecule has 1 unspecified atom stereocenters. The molecule has 6 heteroatoms. The Kier molecular flexibility index (Phi) is 4.58. The van der Waals surface area contributed by atoms with E-state index in [2.05, 4.69) is 15.3 Å². The van der Waals surface area contributed by atoms with Crippen LogP contribution in [-0.4, -0.2) is 34.8 Å². The summed E-state index contributed by atoms with van der Waals surface area (Å²) in [5, 5.41) is 12.6. The van der Waals surface area contributed by atoms with Crippen molar-refractivity contribution in [2.24, 2.45) is 0 Å². The third-order valence-corrected chi connectivity index (χ3v) is 2.21. The van der Waals surface area contributed by atoms with Gasteiger partial charge in [-0.15, -0.1) is 0 Å². The Morgan fingerprint density at radius 3 is 2.93 bits per heavy atom. The number of hydrogen-bond donors (Lipinski definition) is 2. The molecule has 1 heterocycles. The van der Waals surface area contributed by atoms with Gasteiger partial charge in [0.2, 0.25) is 0 Å². The van der Waals surface area contributed by atoms with Gasteiger partial charge >= 0.3 is 0 Å². The van der Waals surface area contributed by atoms with Crippen molar-refractivity contribution < 1.29 is 9.84 Å². The second kappa shape index (κ2) is 5.72. The third kappa shape index (κ3) is 3.21. The van der Waals surface area contributed by atoms with Gasteiger partial charge in [0.05, 0.1) is 13.2 Å². The number of nitrogens with one attached hydrogen (secondary N) is 1. The molecule has 15 heavy (non-hydrogen) atoms. The largest absolute Gasteiger partial charge is 0.490 e. The molecule has 0 aliphatic carbocycles. The molecule has 0 radical (unpaired) electrons. The maximum atomic E-state index is 9.37. The Balaban J connectivity index is 2.72. The van der Waals surface area contributed by atoms with Crippen LogP contribution in [0.5, 0.6) is 5.75 Å². The fraction of sp³-hybridized carbons (Fsp3) is 0.556. The maximum Gasteiger partial charge on any atom is 0.198 e. The second-order valence-electron chi connectivity index (χ2n) is 2.99. The zero-order valence-electron chi connectivity index (χ0n) is 8.70. The zero-order valence-corrected chi connectivity index (χ0v) is 9.45. The summed E-state index contributed by atoms with van der Waals surface area (Å²) in [5.74, 6) is 0.882. The van der Waals surface area contributed by atoms with Gasteiger partial charge in [-0.1, -0.05) is 18.5 Å². The van der Waals surface area contributed by atoms with Crippen molar-refractivity contribution in [1.82, 2.24) is 9.97 Å². The summed E-state index contributed by atoms with van der Waals surface area (Å²) in [6.45, 7) is 2.30. The minimum Gasteiger partial charge on any atom is -0.490 e. The van der Waals surface area contributed by atoms with Crippen LogP contribution in [0.3, 0.4) is 0 Å². The predicted molar refractivity (Wildman–Crippen MR) is 58.4 cm³/mol. The van der Waals surface area contributed by atoms with Gasteiger partial charge in [-0.2, -0.15) is 0 Å². The molecule has 0 bridgehead atoms. The SMILES string of the molecule is CCC(O)CNc1ncnc(Cl)c1OC. The number of aliphatic hydroxyl groups is 1. The van der Waals surface area contributed by atoms with Gasteiger partial charge in [0.15, 0.2) is 16.7 Å². The number of aliphatic hydroxyl groups excluding tert-OH is 1. The Morgan fingerprint density at radius 1 is 1.60 bits per heavy atom. The molecule has 0 aliphatic rings. The average molecular weight is 232 g/mol. The molecule has 1 atom stereocenters. The first kappa shape index (κ1) is 12.0. The standard InChI is InChI=1S/C9H14ClN3O2/c1-3-6(14)4-11-9-7(15-2)8(10)12-5-13-9/h5-6,14H,3-4H2,1-2H3,(H,11,12,13). The van der Waals surface area contributed by atoms with Gasteiger partial charge in [0, 0.05) is 6.54 Å². The van der Waals surface area contributed by atoms with Gasteiger partial charge in [-0.25, -0.2) is 9.97 Å². The second-order valence-corrected chi connectivity index (χ2v) is 3.35. The molecular weight excluding hydrogens is 218 g/mol. The van der Waals surface area contributed by atoms with Crippen molar-refractivity contribution in [2.75, 3.05) is 19.0 Å². The number of methoxy groups -OCH3 is 1. The molecule has 2 N–H and O–H groups in total. The van der Waals surface area contributed by atoms with Crippen molar-refractivity contribution in [3.05, 3.63) is 11.5 Å². The molecule has 1 rings (SSSR count). The lowest BCUT2D eigenvalue weighted by molar-refractivity contribution is 0.183. The fourth-order valence-corrected chi connectivity index (χ4v) is 1.23. The van der Waals surface area contributed by atoms with E-state index in [-0.39, 0.29) is 5.15 Å². The summed E-state index contributed by atoms with van der Waals surface area (Å²) in [6.07, 6.45) is 1.60. The first-order valence-electron chi connectivity index (χ1n) is 4.65. The molecule has 0 saturated heterocycles. The molecule has 0 saturated carbocycles. The number of halogens is 1. The van der Waals surface area contributed by atoms with Gasteiger partial charge in [0.25, 0.3) is 0 Å². The van der Waals surface area contributed by atoms with E-state index in [0.29, 0.717) is 24.5 Å². The van der Waals surface area contributed by atoms with Crippen LogP contribution in [0.25, 0.3) is 0 Å². The topological polar surface area (TPSA) is 67.3 Å². The monoisotopic (exact) mass is 231 g/mol. The minimum atomic E-state index is -0.413. The number of hydrogen-bond acceptors (Lipinski definition) is 5. The summed E-state index contributed by atoms with van der Waals surface area (Å²) < 4.78 is 5.04. The van der Waals surface area contributed by atoms with Gasteiger partial charge < -0.3 is 15.2 Å². The van der Waals surface area contributed by atoms with E-state index in [1.165, 1.54) is 13.4 Å². The molecule has 0 fully saturated rings. The highest BCUT2D eigenvalue weighted by Crippen LogP contribution is 2.28. The highest BCUT2D eigenvalue weighted by atomic mass is 35.5. The predicted octanol–water partition coefficient (Wildman–Crippen LogP) is 1.32. The molecule has 84 valence electrons. The third-order valence-electron chi connectivity index (χ3n) is 1.94. The molecule has 5 nitrogen and oxygen atoms in total. The van der Waals surface area contributed by atoms with Crippen molar-refractivity contribution >= 4 is 17.4 Å². The van der Waals surface area contributed by atoms with Crippen LogP contribution in [0.1, 0.15) is 13.3 Å². The smallest absolute Gasteiger partial charge is 0.198 e. The van der Waals surface area contributed by atoms with E-state index in [1.807, 2.05) is 6.92 Å². The van der Waals surface area contributed by atoms with Crippen LogP contribution in [0.15, 0.2) is 6.33 Å². The average Bonchev–Trinajstić information content (AvgIpc) is 2.25. The summed E-state index contributed by atoms with van der Waals surface area (Å²) >= 11 is 5.80. The van der Waals surface area contributed by atoms with Crippen LogP contribution in [0, 0.1) is 0 Å². The minimum absolute atomic E-state index is 0.251. The Morgan fingerprint density at radius 2 is 2.33 bits per heavy atom. The van der Waals surface area contributed by atoms with Crippen LogP contribution in [-0.2, 0) is 0 Å². The summed E-state index contributed by atoms with van der Waals surface area (Å²) in [5.41, 5.74) is 0. The lowest BCUT2D eigenvalue weighted by Crippen LogP contribution is -2.19. The number of aromatic nitrogens is 2. The molecule has 0 aromatic carbocycles. The maximum absolute atomic E-state index is 9.37. The van der Waals surface area contributed by atoms with Gasteiger partial charge in [-0.3, -0.25) is 0 Å². The Labute approximate surface area is 93.5 Å². The van der Waals surface area contributed by atoms with Gasteiger partial charge in [-0.05, 0) is 6.42 Å². The molecule has 0 amide bonds. The first-order chi connectivity index (χ1) is 7.19. The van der Waals surface area contributed by atoms with Crippen molar-refractivity contribution in [3.63, 3.8) is 0 Å². The van der Waals surface area contributed by atoms with E-state index in [1.54, 1.807) is 0 Å². The summed E-state index contributed by atoms with van der Waals surface area (Å²) in [7, 11) is 1.49. The zero-order chi connectivity index (χ0) is 11.3. The van der Waals surface area contributed by atoms with Crippen LogP contribution >= 0.6 is 11.6 Å². The molecule has 1 aromatic heterocycles. The summed E-state index contributed by atoms with van der Waals surface area (Å²) in [4.78, 5) is 7.76. The first-order valence-corrected chi connectivity index (χ1v) is 5.03. The highest BCUT2D eigenvalue weighted by Gasteiger charge is 2.10. The van der Waals surface area contributed by atoms with Crippen molar-refractivity contribution in [1.29, 1.82) is 0 Å². The van der Waals surface area contributed by atoms with Crippen LogP contribution in [0.4, 0.5) is 5.82 Å². The number of anilines is 1. The van der Waals surface area contributed by atoms with E-state index < -0.39 is 6.10 Å². The highest BCUT2D eigenvalue weighted by molar-refractivity contribution is 6.31. The number of ether oxygens (including phenoxy) is 1. The van der Waals surface area contributed by atoms with E-state index in [0.717, 1.165) is 0 Å². The van der Waals surface area contributed by atoms with E-state index in [4.69, 9.17) is 16.3 Å². The Hall–Kier alpha value is -1.07.